The third-order valence-electron chi connectivity index (χ3n) is 4.92. The fourth-order valence-corrected chi connectivity index (χ4v) is 2.99. The topological polar surface area (TPSA) is 107 Å². The number of carbonyl (C=O) groups is 2. The van der Waals surface area contributed by atoms with Gasteiger partial charge in [0.1, 0.15) is 5.75 Å². The van der Waals surface area contributed by atoms with Crippen molar-refractivity contribution >= 4 is 11.9 Å². The van der Waals surface area contributed by atoms with Crippen LogP contribution in [0.1, 0.15) is 60.4 Å². The molecule has 0 radical (unpaired) electrons. The summed E-state index contributed by atoms with van der Waals surface area (Å²) in [6.45, 7) is 7.22. The van der Waals surface area contributed by atoms with Crippen LogP contribution in [-0.2, 0) is 17.8 Å². The van der Waals surface area contributed by atoms with E-state index in [2.05, 4.69) is 18.9 Å². The summed E-state index contributed by atoms with van der Waals surface area (Å²) in [5.74, 6) is -0.165. The Morgan fingerprint density at radius 1 is 1.25 bits per heavy atom. The van der Waals surface area contributed by atoms with E-state index in [0.717, 1.165) is 29.8 Å². The van der Waals surface area contributed by atoms with E-state index < -0.39 is 11.9 Å². The second kappa shape index (κ2) is 9.92. The minimum absolute atomic E-state index is 0.0391. The molecule has 0 bridgehead atoms. The maximum absolute atomic E-state index is 11.6. The number of ether oxygens (including phenoxy) is 1. The van der Waals surface area contributed by atoms with Gasteiger partial charge in [0.15, 0.2) is 0 Å². The summed E-state index contributed by atoms with van der Waals surface area (Å²) >= 11 is 0. The minimum Gasteiger partial charge on any atom is -0.493 e. The molecule has 1 heterocycles. The Morgan fingerprint density at radius 2 is 1.96 bits per heavy atom. The number of carboxylic acid groups (broad SMARTS) is 1. The highest BCUT2D eigenvalue weighted by atomic mass is 16.5. The van der Waals surface area contributed by atoms with Crippen LogP contribution in [-0.4, -0.2) is 33.4 Å². The Labute approximate surface area is 165 Å². The van der Waals surface area contributed by atoms with Gasteiger partial charge in [-0.25, -0.2) is 0 Å². The lowest BCUT2D eigenvalue weighted by Crippen LogP contribution is -2.15. The summed E-state index contributed by atoms with van der Waals surface area (Å²) < 4.78 is 7.84. The SMILES string of the molecule is CCC(CC)COc1ccc(C(N)=O)cc1Cn1nc(CCC(=O)O)cc1C. The first-order valence-corrected chi connectivity index (χ1v) is 9.64. The molecule has 0 saturated carbocycles. The van der Waals surface area contributed by atoms with Gasteiger partial charge >= 0.3 is 5.97 Å². The van der Waals surface area contributed by atoms with Crippen LogP contribution in [0.15, 0.2) is 24.3 Å². The van der Waals surface area contributed by atoms with Gasteiger partial charge < -0.3 is 15.6 Å². The predicted molar refractivity (Wildman–Crippen MR) is 107 cm³/mol. The van der Waals surface area contributed by atoms with E-state index in [4.69, 9.17) is 15.6 Å². The molecule has 1 aromatic carbocycles. The predicted octanol–water partition coefficient (Wildman–Crippen LogP) is 3.17. The molecule has 0 saturated heterocycles. The highest BCUT2D eigenvalue weighted by Crippen LogP contribution is 2.24. The number of hydrogen-bond acceptors (Lipinski definition) is 4. The fraction of sp³-hybridized carbons (Fsp3) is 0.476. The van der Waals surface area contributed by atoms with E-state index in [1.165, 1.54) is 0 Å². The molecule has 1 aromatic heterocycles. The lowest BCUT2D eigenvalue weighted by molar-refractivity contribution is -0.136. The van der Waals surface area contributed by atoms with Gasteiger partial charge in [-0.2, -0.15) is 5.10 Å². The minimum atomic E-state index is -0.849. The second-order valence-electron chi connectivity index (χ2n) is 7.01. The largest absolute Gasteiger partial charge is 0.493 e. The number of hydrogen-bond donors (Lipinski definition) is 2. The van der Waals surface area contributed by atoms with E-state index in [-0.39, 0.29) is 6.42 Å². The molecular weight excluding hydrogens is 358 g/mol. The number of nitrogens with zero attached hydrogens (tertiary/aromatic N) is 2. The number of primary amides is 1. The van der Waals surface area contributed by atoms with Crippen molar-refractivity contribution in [1.29, 1.82) is 0 Å². The monoisotopic (exact) mass is 387 g/mol. The zero-order valence-corrected chi connectivity index (χ0v) is 16.8. The summed E-state index contributed by atoms with van der Waals surface area (Å²) in [4.78, 5) is 22.4. The normalized spacial score (nSPS) is 11.0. The quantitative estimate of drug-likeness (QED) is 0.616. The van der Waals surface area contributed by atoms with Crippen LogP contribution < -0.4 is 10.5 Å². The lowest BCUT2D eigenvalue weighted by atomic mass is 10.0. The molecule has 1 amide bonds. The molecule has 2 rings (SSSR count). The number of nitrogens with two attached hydrogens (primary N) is 1. The maximum Gasteiger partial charge on any atom is 0.303 e. The summed E-state index contributed by atoms with van der Waals surface area (Å²) in [7, 11) is 0. The summed E-state index contributed by atoms with van der Waals surface area (Å²) in [5, 5.41) is 13.4. The van der Waals surface area contributed by atoms with Crippen molar-refractivity contribution in [3.05, 3.63) is 46.8 Å². The van der Waals surface area contributed by atoms with E-state index in [9.17, 15) is 9.59 Å². The highest BCUT2D eigenvalue weighted by molar-refractivity contribution is 5.93. The zero-order chi connectivity index (χ0) is 20.7. The standard InChI is InChI=1S/C21H29N3O4/c1-4-15(5-2)13-28-19-8-6-16(21(22)27)11-17(19)12-24-14(3)10-18(23-24)7-9-20(25)26/h6,8,10-11,15H,4-5,7,9,12-13H2,1-3H3,(H2,22,27)(H,25,26). The smallest absolute Gasteiger partial charge is 0.303 e. The molecule has 152 valence electrons. The summed E-state index contributed by atoms with van der Waals surface area (Å²) in [5.41, 5.74) is 8.31. The van der Waals surface area contributed by atoms with Gasteiger partial charge in [0, 0.05) is 23.2 Å². The molecule has 0 atom stereocenters. The summed E-state index contributed by atoms with van der Waals surface area (Å²) in [6.07, 6.45) is 2.49. The molecule has 0 unspecified atom stereocenters. The number of carbonyl (C=O) groups excluding carboxylic acids is 1. The van der Waals surface area contributed by atoms with Crippen molar-refractivity contribution in [1.82, 2.24) is 9.78 Å². The molecule has 28 heavy (non-hydrogen) atoms. The van der Waals surface area contributed by atoms with Crippen LogP contribution in [0.2, 0.25) is 0 Å². The molecule has 0 aliphatic carbocycles. The van der Waals surface area contributed by atoms with E-state index >= 15 is 0 Å². The number of rotatable bonds is 11. The number of benzene rings is 1. The highest BCUT2D eigenvalue weighted by Gasteiger charge is 2.14. The first-order chi connectivity index (χ1) is 13.3. The van der Waals surface area contributed by atoms with Gasteiger partial charge in [-0.15, -0.1) is 0 Å². The molecular formula is C21H29N3O4. The van der Waals surface area contributed by atoms with Gasteiger partial charge in [0.25, 0.3) is 0 Å². The Bertz CT molecular complexity index is 825. The Morgan fingerprint density at radius 3 is 2.57 bits per heavy atom. The van der Waals surface area contributed by atoms with Crippen LogP contribution in [0.5, 0.6) is 5.75 Å². The molecule has 0 aliphatic rings. The molecule has 0 spiro atoms. The van der Waals surface area contributed by atoms with Crippen molar-refractivity contribution in [3.8, 4) is 5.75 Å². The van der Waals surface area contributed by atoms with Crippen molar-refractivity contribution in [2.45, 2.75) is 53.0 Å². The zero-order valence-electron chi connectivity index (χ0n) is 16.8. The first-order valence-electron chi connectivity index (χ1n) is 9.64. The molecule has 0 aliphatic heterocycles. The third kappa shape index (κ3) is 5.84. The van der Waals surface area contributed by atoms with E-state index in [1.54, 1.807) is 22.9 Å². The Balaban J connectivity index is 2.25. The molecule has 7 nitrogen and oxygen atoms in total. The van der Waals surface area contributed by atoms with Crippen LogP contribution in [0.25, 0.3) is 0 Å². The van der Waals surface area contributed by atoms with Crippen molar-refractivity contribution in [3.63, 3.8) is 0 Å². The lowest BCUT2D eigenvalue weighted by Gasteiger charge is -2.17. The van der Waals surface area contributed by atoms with E-state index in [1.807, 2.05) is 13.0 Å². The third-order valence-corrected chi connectivity index (χ3v) is 4.92. The van der Waals surface area contributed by atoms with E-state index in [0.29, 0.717) is 36.8 Å². The van der Waals surface area contributed by atoms with Crippen LogP contribution in [0.4, 0.5) is 0 Å². The average Bonchev–Trinajstić information content (AvgIpc) is 3.01. The van der Waals surface area contributed by atoms with Crippen LogP contribution in [0, 0.1) is 12.8 Å². The molecule has 0 fully saturated rings. The number of aliphatic carboxylic acids is 1. The fourth-order valence-electron chi connectivity index (χ4n) is 2.99. The van der Waals surface area contributed by atoms with Crippen molar-refractivity contribution < 1.29 is 19.4 Å². The maximum atomic E-state index is 11.6. The van der Waals surface area contributed by atoms with Crippen LogP contribution >= 0.6 is 0 Å². The number of amides is 1. The van der Waals surface area contributed by atoms with Gasteiger partial charge in [-0.1, -0.05) is 26.7 Å². The number of carboxylic acids is 1. The van der Waals surface area contributed by atoms with Gasteiger partial charge in [0.2, 0.25) is 5.91 Å². The molecule has 2 aromatic rings. The average molecular weight is 387 g/mol. The molecule has 7 heteroatoms. The first kappa shape index (κ1) is 21.5. The number of aryl methyl sites for hydroxylation is 2. The van der Waals surface area contributed by atoms with Gasteiger partial charge in [-0.3, -0.25) is 14.3 Å². The molecule has 3 N–H and O–H groups in total. The second-order valence-corrected chi connectivity index (χ2v) is 7.01. The van der Waals surface area contributed by atoms with Crippen molar-refractivity contribution in [2.24, 2.45) is 11.7 Å². The Hall–Kier alpha value is -2.83. The van der Waals surface area contributed by atoms with Gasteiger partial charge in [0.05, 0.1) is 25.3 Å². The summed E-state index contributed by atoms with van der Waals surface area (Å²) in [6, 6.07) is 7.07. The number of aromatic nitrogens is 2. The van der Waals surface area contributed by atoms with Crippen molar-refractivity contribution in [2.75, 3.05) is 6.61 Å². The van der Waals surface area contributed by atoms with Gasteiger partial charge in [-0.05, 0) is 37.1 Å². The Kier molecular flexibility index (Phi) is 7.61. The van der Waals surface area contributed by atoms with Crippen LogP contribution in [0.3, 0.4) is 0 Å².